The number of carbonyl (C=O) groups excluding carboxylic acids is 1. The maximum atomic E-state index is 11.0. The Balaban J connectivity index is 3.11. The first-order valence-corrected chi connectivity index (χ1v) is 4.15. The van der Waals surface area contributed by atoms with E-state index in [1.165, 1.54) is 6.92 Å². The number of Topliss-reactive ketones (excluding diaryl/α,β-unsaturated/α-hetero) is 1. The molecule has 1 aromatic carbocycles. The molecular formula is C11H13NO. The Morgan fingerprint density at radius 3 is 2.15 bits per heavy atom. The Bertz CT molecular complexity index is 338. The molecule has 0 aliphatic carbocycles. The molecule has 0 aromatic heterocycles. The molecule has 2 nitrogen and oxygen atoms in total. The molecule has 0 fully saturated rings. The van der Waals surface area contributed by atoms with Crippen LogP contribution in [0.4, 0.5) is 0 Å². The van der Waals surface area contributed by atoms with Gasteiger partial charge in [0.2, 0.25) is 0 Å². The van der Waals surface area contributed by atoms with Crippen LogP contribution < -0.4 is 5.73 Å². The third-order valence-electron chi connectivity index (χ3n) is 2.02. The Kier molecular flexibility index (Phi) is 2.85. The van der Waals surface area contributed by atoms with Gasteiger partial charge >= 0.3 is 0 Å². The van der Waals surface area contributed by atoms with Gasteiger partial charge in [-0.2, -0.15) is 0 Å². The minimum absolute atomic E-state index is 0.0151. The summed E-state index contributed by atoms with van der Waals surface area (Å²) in [5.41, 5.74) is 7.88. The molecule has 0 radical (unpaired) electrons. The molecular weight excluding hydrogens is 162 g/mol. The fourth-order valence-corrected chi connectivity index (χ4v) is 1.02. The van der Waals surface area contributed by atoms with E-state index in [1.54, 1.807) is 6.92 Å². The second-order valence-electron chi connectivity index (χ2n) is 2.96. The minimum atomic E-state index is 0.0151. The fourth-order valence-electron chi connectivity index (χ4n) is 1.02. The van der Waals surface area contributed by atoms with Gasteiger partial charge in [0, 0.05) is 11.3 Å². The van der Waals surface area contributed by atoms with Gasteiger partial charge in [-0.25, -0.2) is 0 Å². The highest BCUT2D eigenvalue weighted by atomic mass is 16.1. The molecule has 0 spiro atoms. The van der Waals surface area contributed by atoms with Crippen molar-refractivity contribution in [3.8, 4) is 0 Å². The van der Waals surface area contributed by atoms with E-state index in [1.807, 2.05) is 30.3 Å². The lowest BCUT2D eigenvalue weighted by Gasteiger charge is -2.04. The zero-order chi connectivity index (χ0) is 9.84. The minimum Gasteiger partial charge on any atom is -0.398 e. The number of hydrogen-bond acceptors (Lipinski definition) is 2. The van der Waals surface area contributed by atoms with Gasteiger partial charge in [0.1, 0.15) is 0 Å². The van der Waals surface area contributed by atoms with E-state index in [4.69, 9.17) is 5.73 Å². The first-order chi connectivity index (χ1) is 6.13. The first kappa shape index (κ1) is 9.52. The van der Waals surface area contributed by atoms with E-state index in [0.29, 0.717) is 11.3 Å². The average Bonchev–Trinajstić information content (AvgIpc) is 2.17. The maximum absolute atomic E-state index is 11.0. The molecule has 2 heteroatoms. The summed E-state index contributed by atoms with van der Waals surface area (Å²) in [4.78, 5) is 11.0. The van der Waals surface area contributed by atoms with Crippen LogP contribution in [0.1, 0.15) is 19.4 Å². The van der Waals surface area contributed by atoms with E-state index in [2.05, 4.69) is 0 Å². The molecule has 13 heavy (non-hydrogen) atoms. The molecule has 0 amide bonds. The fraction of sp³-hybridized carbons (Fsp3) is 0.182. The summed E-state index contributed by atoms with van der Waals surface area (Å²) in [5, 5.41) is 0. The summed E-state index contributed by atoms with van der Waals surface area (Å²) in [5.74, 6) is 0.0151. The SMILES string of the molecule is CC(=O)/C(C)=C(/N)c1ccccc1. The van der Waals surface area contributed by atoms with E-state index in [9.17, 15) is 4.79 Å². The van der Waals surface area contributed by atoms with E-state index >= 15 is 0 Å². The van der Waals surface area contributed by atoms with Crippen LogP contribution in [0.5, 0.6) is 0 Å². The summed E-state index contributed by atoms with van der Waals surface area (Å²) in [7, 11) is 0. The molecule has 0 saturated carbocycles. The number of benzene rings is 1. The standard InChI is InChI=1S/C11H13NO/c1-8(9(2)13)11(12)10-6-4-3-5-7-10/h3-7H,12H2,1-2H3/b11-8+. The highest BCUT2D eigenvalue weighted by Crippen LogP contribution is 2.12. The molecule has 1 aromatic rings. The average molecular weight is 175 g/mol. The molecule has 0 aliphatic heterocycles. The lowest BCUT2D eigenvalue weighted by Crippen LogP contribution is -2.04. The first-order valence-electron chi connectivity index (χ1n) is 4.15. The van der Waals surface area contributed by atoms with Gasteiger partial charge in [0.15, 0.2) is 5.78 Å². The topological polar surface area (TPSA) is 43.1 Å². The molecule has 2 N–H and O–H groups in total. The number of ketones is 1. The van der Waals surface area contributed by atoms with Crippen molar-refractivity contribution in [2.75, 3.05) is 0 Å². The highest BCUT2D eigenvalue weighted by molar-refractivity contribution is 5.99. The van der Waals surface area contributed by atoms with Gasteiger partial charge < -0.3 is 5.73 Å². The number of rotatable bonds is 2. The van der Waals surface area contributed by atoms with Gasteiger partial charge in [-0.05, 0) is 19.4 Å². The third kappa shape index (κ3) is 2.18. The van der Waals surface area contributed by atoms with Gasteiger partial charge in [-0.1, -0.05) is 30.3 Å². The van der Waals surface area contributed by atoms with Crippen molar-refractivity contribution >= 4 is 11.5 Å². The van der Waals surface area contributed by atoms with Crippen LogP contribution in [0.25, 0.3) is 5.70 Å². The quantitative estimate of drug-likeness (QED) is 0.698. The number of carbonyl (C=O) groups is 1. The maximum Gasteiger partial charge on any atom is 0.157 e. The largest absolute Gasteiger partial charge is 0.398 e. The summed E-state index contributed by atoms with van der Waals surface area (Å²) in [6.07, 6.45) is 0. The van der Waals surface area contributed by atoms with Crippen LogP contribution in [0.2, 0.25) is 0 Å². The highest BCUT2D eigenvalue weighted by Gasteiger charge is 2.04. The molecule has 0 saturated heterocycles. The van der Waals surface area contributed by atoms with Gasteiger partial charge in [-0.15, -0.1) is 0 Å². The molecule has 0 unspecified atom stereocenters. The van der Waals surface area contributed by atoms with Crippen molar-refractivity contribution in [1.29, 1.82) is 0 Å². The van der Waals surface area contributed by atoms with Crippen molar-refractivity contribution in [3.05, 3.63) is 41.5 Å². The van der Waals surface area contributed by atoms with Gasteiger partial charge in [-0.3, -0.25) is 4.79 Å². The van der Waals surface area contributed by atoms with E-state index in [-0.39, 0.29) is 5.78 Å². The van der Waals surface area contributed by atoms with E-state index < -0.39 is 0 Å². The zero-order valence-corrected chi connectivity index (χ0v) is 7.87. The Labute approximate surface area is 78.1 Å². The van der Waals surface area contributed by atoms with Crippen molar-refractivity contribution in [2.45, 2.75) is 13.8 Å². The van der Waals surface area contributed by atoms with E-state index in [0.717, 1.165) is 5.56 Å². The molecule has 0 atom stereocenters. The Hall–Kier alpha value is -1.57. The summed E-state index contributed by atoms with van der Waals surface area (Å²) in [6, 6.07) is 9.49. The smallest absolute Gasteiger partial charge is 0.157 e. The molecule has 0 heterocycles. The predicted octanol–water partition coefficient (Wildman–Crippen LogP) is 1.97. The second kappa shape index (κ2) is 3.90. The van der Waals surface area contributed by atoms with Crippen molar-refractivity contribution in [2.24, 2.45) is 5.73 Å². The van der Waals surface area contributed by atoms with Crippen molar-refractivity contribution in [1.82, 2.24) is 0 Å². The lowest BCUT2D eigenvalue weighted by molar-refractivity contribution is -0.113. The lowest BCUT2D eigenvalue weighted by atomic mass is 10.1. The molecule has 0 aliphatic rings. The molecule has 1 rings (SSSR count). The number of allylic oxidation sites excluding steroid dienone is 1. The summed E-state index contributed by atoms with van der Waals surface area (Å²) < 4.78 is 0. The summed E-state index contributed by atoms with van der Waals surface area (Å²) in [6.45, 7) is 3.26. The number of nitrogens with two attached hydrogens (primary N) is 1. The summed E-state index contributed by atoms with van der Waals surface area (Å²) >= 11 is 0. The predicted molar refractivity (Wildman–Crippen MR) is 53.9 cm³/mol. The van der Waals surface area contributed by atoms with Crippen LogP contribution in [-0.4, -0.2) is 5.78 Å². The van der Waals surface area contributed by atoms with Crippen molar-refractivity contribution in [3.63, 3.8) is 0 Å². The van der Waals surface area contributed by atoms with Crippen molar-refractivity contribution < 1.29 is 4.79 Å². The molecule has 68 valence electrons. The third-order valence-corrected chi connectivity index (χ3v) is 2.02. The monoisotopic (exact) mass is 175 g/mol. The van der Waals surface area contributed by atoms with Crippen LogP contribution in [-0.2, 0) is 4.79 Å². The van der Waals surface area contributed by atoms with Gasteiger partial charge in [0.05, 0.1) is 0 Å². The van der Waals surface area contributed by atoms with Crippen LogP contribution in [0.15, 0.2) is 35.9 Å². The number of hydrogen-bond donors (Lipinski definition) is 1. The normalized spacial score (nSPS) is 12.2. The van der Waals surface area contributed by atoms with Crippen LogP contribution >= 0.6 is 0 Å². The van der Waals surface area contributed by atoms with Crippen LogP contribution in [0, 0.1) is 0 Å². The Morgan fingerprint density at radius 2 is 1.69 bits per heavy atom. The van der Waals surface area contributed by atoms with Crippen LogP contribution in [0.3, 0.4) is 0 Å². The van der Waals surface area contributed by atoms with Gasteiger partial charge in [0.25, 0.3) is 0 Å². The second-order valence-corrected chi connectivity index (χ2v) is 2.96. The molecule has 0 bridgehead atoms. The zero-order valence-electron chi connectivity index (χ0n) is 7.87. The Morgan fingerprint density at radius 1 is 1.15 bits per heavy atom.